The summed E-state index contributed by atoms with van der Waals surface area (Å²) < 4.78 is 18.6. The highest BCUT2D eigenvalue weighted by molar-refractivity contribution is 5.87. The first-order valence-corrected chi connectivity index (χ1v) is 9.45. The molecule has 2 fully saturated rings. The van der Waals surface area contributed by atoms with Crippen LogP contribution in [0.3, 0.4) is 0 Å². The van der Waals surface area contributed by atoms with E-state index in [1.807, 2.05) is 6.07 Å². The van der Waals surface area contributed by atoms with E-state index in [4.69, 9.17) is 4.42 Å². The Hall–Kier alpha value is -2.63. The predicted molar refractivity (Wildman–Crippen MR) is 96.8 cm³/mol. The van der Waals surface area contributed by atoms with Crippen molar-refractivity contribution >= 4 is 11.8 Å². The number of furan rings is 1. The van der Waals surface area contributed by atoms with Gasteiger partial charge in [-0.25, -0.2) is 4.39 Å². The number of rotatable bonds is 8. The molecule has 2 aromatic rings. The first-order chi connectivity index (χ1) is 13.1. The van der Waals surface area contributed by atoms with Crippen LogP contribution >= 0.6 is 0 Å². The third-order valence-electron chi connectivity index (χ3n) is 5.07. The molecule has 6 heteroatoms. The molecule has 0 saturated heterocycles. The number of amides is 2. The zero-order chi connectivity index (χ0) is 18.8. The lowest BCUT2D eigenvalue weighted by Crippen LogP contribution is -2.44. The minimum Gasteiger partial charge on any atom is -0.467 e. The Morgan fingerprint density at radius 3 is 2.37 bits per heavy atom. The van der Waals surface area contributed by atoms with Crippen molar-refractivity contribution in [1.82, 2.24) is 9.80 Å². The van der Waals surface area contributed by atoms with Gasteiger partial charge in [-0.1, -0.05) is 12.1 Å². The molecule has 0 atom stereocenters. The van der Waals surface area contributed by atoms with Crippen LogP contribution in [0, 0.1) is 11.7 Å². The van der Waals surface area contributed by atoms with Gasteiger partial charge in [-0.2, -0.15) is 0 Å². The van der Waals surface area contributed by atoms with Gasteiger partial charge in [0.25, 0.3) is 0 Å². The first kappa shape index (κ1) is 17.8. The Balaban J connectivity index is 1.48. The molecule has 2 saturated carbocycles. The zero-order valence-electron chi connectivity index (χ0n) is 15.1. The van der Waals surface area contributed by atoms with Crippen molar-refractivity contribution < 1.29 is 18.4 Å². The van der Waals surface area contributed by atoms with Crippen LogP contribution in [0.2, 0.25) is 0 Å². The smallest absolute Gasteiger partial charge is 0.242 e. The highest BCUT2D eigenvalue weighted by atomic mass is 19.1. The summed E-state index contributed by atoms with van der Waals surface area (Å²) in [6, 6.07) is 9.92. The standard InChI is InChI=1S/C21H23FN2O3/c22-17-7-3-15(4-8-17)12-23(13-19-2-1-11-27-19)20(25)14-24(18-9-10-18)21(26)16-5-6-16/h1-4,7-8,11,16,18H,5-6,9-10,12-14H2. The Kier molecular flexibility index (Phi) is 4.97. The van der Waals surface area contributed by atoms with E-state index in [0.29, 0.717) is 18.8 Å². The van der Waals surface area contributed by atoms with Crippen molar-refractivity contribution in [2.24, 2.45) is 5.92 Å². The lowest BCUT2D eigenvalue weighted by atomic mass is 10.2. The van der Waals surface area contributed by atoms with E-state index < -0.39 is 0 Å². The monoisotopic (exact) mass is 370 g/mol. The highest BCUT2D eigenvalue weighted by Gasteiger charge is 2.41. The number of benzene rings is 1. The van der Waals surface area contributed by atoms with Crippen LogP contribution in [0.5, 0.6) is 0 Å². The fourth-order valence-corrected chi connectivity index (χ4v) is 3.22. The zero-order valence-corrected chi connectivity index (χ0v) is 15.1. The van der Waals surface area contributed by atoms with Crippen molar-refractivity contribution in [3.8, 4) is 0 Å². The Morgan fingerprint density at radius 2 is 1.78 bits per heavy atom. The van der Waals surface area contributed by atoms with Crippen molar-refractivity contribution in [1.29, 1.82) is 0 Å². The second-order valence-electron chi connectivity index (χ2n) is 7.43. The first-order valence-electron chi connectivity index (χ1n) is 9.45. The Labute approximate surface area is 157 Å². The van der Waals surface area contributed by atoms with Gasteiger partial charge < -0.3 is 14.2 Å². The number of halogens is 1. The van der Waals surface area contributed by atoms with E-state index >= 15 is 0 Å². The largest absolute Gasteiger partial charge is 0.467 e. The Morgan fingerprint density at radius 1 is 1.04 bits per heavy atom. The fourth-order valence-electron chi connectivity index (χ4n) is 3.22. The van der Waals surface area contributed by atoms with E-state index in [-0.39, 0.29) is 36.1 Å². The quantitative estimate of drug-likeness (QED) is 0.716. The molecule has 2 amide bonds. The summed E-state index contributed by atoms with van der Waals surface area (Å²) in [4.78, 5) is 29.0. The minimum absolute atomic E-state index is 0.0991. The summed E-state index contributed by atoms with van der Waals surface area (Å²) in [7, 11) is 0. The van der Waals surface area contributed by atoms with E-state index in [9.17, 15) is 14.0 Å². The lowest BCUT2D eigenvalue weighted by Gasteiger charge is -2.27. The minimum atomic E-state index is -0.308. The summed E-state index contributed by atoms with van der Waals surface area (Å²) in [6.07, 6.45) is 5.39. The van der Waals surface area contributed by atoms with Crippen LogP contribution in [0.25, 0.3) is 0 Å². The van der Waals surface area contributed by atoms with Gasteiger partial charge in [0.1, 0.15) is 18.1 Å². The number of carbonyl (C=O) groups is 2. The van der Waals surface area contributed by atoms with Gasteiger partial charge in [-0.05, 0) is 55.5 Å². The summed E-state index contributed by atoms with van der Waals surface area (Å²) in [5.74, 6) is 0.478. The summed E-state index contributed by atoms with van der Waals surface area (Å²) in [5, 5.41) is 0. The van der Waals surface area contributed by atoms with Crippen LogP contribution < -0.4 is 0 Å². The number of carbonyl (C=O) groups excluding carboxylic acids is 2. The molecule has 1 heterocycles. The van der Waals surface area contributed by atoms with Crippen molar-refractivity contribution in [2.45, 2.75) is 44.8 Å². The molecule has 0 aliphatic heterocycles. The van der Waals surface area contributed by atoms with Crippen molar-refractivity contribution in [2.75, 3.05) is 6.54 Å². The van der Waals surface area contributed by atoms with Gasteiger partial charge in [0, 0.05) is 18.5 Å². The Bertz CT molecular complexity index is 795. The topological polar surface area (TPSA) is 53.8 Å². The van der Waals surface area contributed by atoms with Gasteiger partial charge in [0.15, 0.2) is 0 Å². The maximum atomic E-state index is 13.2. The molecule has 2 aliphatic carbocycles. The molecule has 0 spiro atoms. The normalized spacial score (nSPS) is 16.2. The van der Waals surface area contributed by atoms with Gasteiger partial charge >= 0.3 is 0 Å². The van der Waals surface area contributed by atoms with Crippen molar-refractivity contribution in [3.05, 3.63) is 59.8 Å². The molecular weight excluding hydrogens is 347 g/mol. The molecule has 0 unspecified atom stereocenters. The second-order valence-corrected chi connectivity index (χ2v) is 7.43. The van der Waals surface area contributed by atoms with E-state index in [1.54, 1.807) is 34.3 Å². The SMILES string of the molecule is O=C(CN(C(=O)C1CC1)C1CC1)N(Cc1ccc(F)cc1)Cc1ccco1. The summed E-state index contributed by atoms with van der Waals surface area (Å²) >= 11 is 0. The maximum Gasteiger partial charge on any atom is 0.242 e. The number of nitrogens with zero attached hydrogens (tertiary/aromatic N) is 2. The molecule has 4 rings (SSSR count). The van der Waals surface area contributed by atoms with Gasteiger partial charge in [0.2, 0.25) is 11.8 Å². The maximum absolute atomic E-state index is 13.2. The summed E-state index contributed by atoms with van der Waals surface area (Å²) in [6.45, 7) is 0.761. The fraction of sp³-hybridized carbons (Fsp3) is 0.429. The number of hydrogen-bond donors (Lipinski definition) is 0. The van der Waals surface area contributed by atoms with Crippen LogP contribution in [0.1, 0.15) is 37.0 Å². The average molecular weight is 370 g/mol. The molecule has 0 N–H and O–H groups in total. The third kappa shape index (κ3) is 4.56. The predicted octanol–water partition coefficient (Wildman–Crippen LogP) is 3.35. The molecule has 2 aliphatic rings. The third-order valence-corrected chi connectivity index (χ3v) is 5.07. The van der Waals surface area contributed by atoms with Gasteiger partial charge in [0.05, 0.1) is 12.8 Å². The van der Waals surface area contributed by atoms with Crippen LogP contribution in [-0.4, -0.2) is 34.2 Å². The average Bonchev–Trinajstić information content (AvgIpc) is 3.59. The highest BCUT2D eigenvalue weighted by Crippen LogP contribution is 2.36. The number of hydrogen-bond acceptors (Lipinski definition) is 3. The van der Waals surface area contributed by atoms with Gasteiger partial charge in [-0.15, -0.1) is 0 Å². The molecule has 0 bridgehead atoms. The second kappa shape index (κ2) is 7.55. The molecular formula is C21H23FN2O3. The van der Waals surface area contributed by atoms with Crippen LogP contribution in [0.15, 0.2) is 47.1 Å². The van der Waals surface area contributed by atoms with E-state index in [0.717, 1.165) is 31.2 Å². The molecule has 5 nitrogen and oxygen atoms in total. The van der Waals surface area contributed by atoms with Crippen LogP contribution in [0.4, 0.5) is 4.39 Å². The molecule has 1 aromatic carbocycles. The van der Waals surface area contributed by atoms with E-state index in [2.05, 4.69) is 0 Å². The molecule has 0 radical (unpaired) electrons. The van der Waals surface area contributed by atoms with Crippen LogP contribution in [-0.2, 0) is 22.7 Å². The molecule has 27 heavy (non-hydrogen) atoms. The lowest BCUT2D eigenvalue weighted by molar-refractivity contribution is -0.142. The molecule has 1 aromatic heterocycles. The summed E-state index contributed by atoms with van der Waals surface area (Å²) in [5.41, 5.74) is 0.836. The van der Waals surface area contributed by atoms with Gasteiger partial charge in [-0.3, -0.25) is 9.59 Å². The van der Waals surface area contributed by atoms with E-state index in [1.165, 1.54) is 12.1 Å². The van der Waals surface area contributed by atoms with Crippen molar-refractivity contribution in [3.63, 3.8) is 0 Å². The molecule has 142 valence electrons.